The van der Waals surface area contributed by atoms with Crippen molar-refractivity contribution >= 4 is 44.2 Å². The molecule has 44 heavy (non-hydrogen) atoms. The molecule has 0 radical (unpaired) electrons. The molecule has 238 valence electrons. The topological polar surface area (TPSA) is 38.8 Å². The number of carbonyl (C=O) groups is 1. The van der Waals surface area contributed by atoms with Crippen molar-refractivity contribution in [3.63, 3.8) is 0 Å². The summed E-state index contributed by atoms with van der Waals surface area (Å²) in [5, 5.41) is 0.121. The van der Waals surface area contributed by atoms with Gasteiger partial charge in [0.2, 0.25) is 14.2 Å². The first-order chi connectivity index (χ1) is 20.3. The maximum atomic E-state index is 13.9. The molecule has 0 unspecified atom stereocenters. The Morgan fingerprint density at radius 3 is 1.89 bits per heavy atom. The van der Waals surface area contributed by atoms with Gasteiger partial charge in [-0.25, -0.2) is 4.39 Å². The molecule has 0 aromatic heterocycles. The lowest BCUT2D eigenvalue weighted by Crippen LogP contribution is -2.55. The number of nitrogens with zero attached hydrogens (tertiary/aromatic N) is 1. The van der Waals surface area contributed by atoms with E-state index in [1.54, 1.807) is 0 Å². The zero-order chi connectivity index (χ0) is 32.7. The molecule has 1 heterocycles. The van der Waals surface area contributed by atoms with Crippen molar-refractivity contribution in [2.75, 3.05) is 4.90 Å². The highest BCUT2D eigenvalue weighted by Crippen LogP contribution is 2.48. The highest BCUT2D eigenvalue weighted by molar-refractivity contribution is 9.10. The fourth-order valence-electron chi connectivity index (χ4n) is 5.12. The molecule has 0 spiro atoms. The number of hydrogen-bond acceptors (Lipinski definition) is 3. The maximum absolute atomic E-state index is 13.9. The summed E-state index contributed by atoms with van der Waals surface area (Å²) in [7, 11) is -4.12. The summed E-state index contributed by atoms with van der Waals surface area (Å²) in [6.07, 6.45) is 1.12. The lowest BCUT2D eigenvalue weighted by Gasteiger charge is -2.48. The second-order valence-corrected chi connectivity index (χ2v) is 25.6. The van der Waals surface area contributed by atoms with Crippen molar-refractivity contribution in [3.05, 3.63) is 94.2 Å². The van der Waals surface area contributed by atoms with Crippen LogP contribution in [0.1, 0.15) is 77.7 Å². The molecular weight excluding hydrogens is 649 g/mol. The summed E-state index contributed by atoms with van der Waals surface area (Å²) in [6, 6.07) is 22.8. The lowest BCUT2D eigenvalue weighted by atomic mass is 9.78. The second kappa shape index (κ2) is 12.9. The summed E-state index contributed by atoms with van der Waals surface area (Å²) in [5.74, 6) is 0.526. The second-order valence-electron chi connectivity index (χ2n) is 15.2. The fourth-order valence-corrected chi connectivity index (χ4v) is 7.73. The van der Waals surface area contributed by atoms with Crippen LogP contribution in [0.25, 0.3) is 0 Å². The third kappa shape index (κ3) is 7.57. The van der Waals surface area contributed by atoms with Crippen molar-refractivity contribution < 1.29 is 18.0 Å². The molecular formula is C36H49BrFNO3Si2. The normalized spacial score (nSPS) is 18.6. The number of hydrogen-bond donors (Lipinski definition) is 0. The molecule has 4 nitrogen and oxygen atoms in total. The van der Waals surface area contributed by atoms with Gasteiger partial charge in [0, 0.05) is 10.2 Å². The van der Waals surface area contributed by atoms with E-state index in [9.17, 15) is 9.18 Å². The van der Waals surface area contributed by atoms with Gasteiger partial charge in [-0.3, -0.25) is 4.79 Å². The number of carbonyl (C=O) groups excluding carboxylic acids is 1. The fraction of sp³-hybridized carbons (Fsp3) is 0.472. The lowest BCUT2D eigenvalue weighted by molar-refractivity contribution is -0.131. The molecule has 0 bridgehead atoms. The summed E-state index contributed by atoms with van der Waals surface area (Å²) < 4.78 is 28.3. The van der Waals surface area contributed by atoms with Crippen molar-refractivity contribution in [2.24, 2.45) is 5.92 Å². The summed E-state index contributed by atoms with van der Waals surface area (Å²) in [4.78, 5) is 15.8. The van der Waals surface area contributed by atoms with Gasteiger partial charge in [0.15, 0.2) is 8.32 Å². The van der Waals surface area contributed by atoms with Crippen LogP contribution in [0.4, 0.5) is 10.1 Å². The van der Waals surface area contributed by atoms with E-state index in [-0.39, 0.29) is 39.9 Å². The number of anilines is 1. The van der Waals surface area contributed by atoms with Gasteiger partial charge >= 0.3 is 0 Å². The zero-order valence-electron chi connectivity index (χ0n) is 28.0. The van der Waals surface area contributed by atoms with Gasteiger partial charge in [0.25, 0.3) is 0 Å². The Morgan fingerprint density at radius 2 is 1.36 bits per heavy atom. The van der Waals surface area contributed by atoms with Gasteiger partial charge in [-0.15, -0.1) is 0 Å². The SMILES string of the molecule is CC(C)(C)[Si](C)(C)Oc1ccc([C@@H]2[C@@H](CC[C@H](O[Si](C)(C)C(C)(C)C)c3ccc(F)cc3)C(=O)N2c2ccc(Br)cc2)cc1. The highest BCUT2D eigenvalue weighted by Gasteiger charge is 2.49. The third-order valence-corrected chi connectivity index (χ3v) is 19.3. The maximum Gasteiger partial charge on any atom is 0.250 e. The van der Waals surface area contributed by atoms with Crippen LogP contribution in [0.15, 0.2) is 77.3 Å². The Labute approximate surface area is 274 Å². The first-order valence-electron chi connectivity index (χ1n) is 15.6. The van der Waals surface area contributed by atoms with Crippen LogP contribution in [0.2, 0.25) is 36.3 Å². The summed E-state index contributed by atoms with van der Waals surface area (Å²) >= 11 is 3.52. The van der Waals surface area contributed by atoms with Crippen LogP contribution in [-0.2, 0) is 9.22 Å². The Balaban J connectivity index is 1.63. The third-order valence-electron chi connectivity index (χ3n) is 9.94. The Bertz CT molecular complexity index is 1430. The molecule has 3 aromatic rings. The number of amides is 1. The van der Waals surface area contributed by atoms with Crippen molar-refractivity contribution in [2.45, 2.75) is 103 Å². The van der Waals surface area contributed by atoms with Crippen LogP contribution < -0.4 is 9.33 Å². The van der Waals surface area contributed by atoms with Gasteiger partial charge in [-0.2, -0.15) is 0 Å². The Kier molecular flexibility index (Phi) is 10.1. The van der Waals surface area contributed by atoms with Crippen molar-refractivity contribution in [3.8, 4) is 5.75 Å². The van der Waals surface area contributed by atoms with Crippen LogP contribution in [0, 0.1) is 11.7 Å². The number of rotatable bonds is 10. The molecule has 0 aliphatic carbocycles. The number of halogens is 2. The molecule has 1 fully saturated rings. The minimum Gasteiger partial charge on any atom is -0.544 e. The van der Waals surface area contributed by atoms with E-state index in [4.69, 9.17) is 8.85 Å². The van der Waals surface area contributed by atoms with E-state index in [1.165, 1.54) is 12.1 Å². The first-order valence-corrected chi connectivity index (χ1v) is 22.2. The quantitative estimate of drug-likeness (QED) is 0.156. The predicted octanol–water partition coefficient (Wildman–Crippen LogP) is 11.2. The van der Waals surface area contributed by atoms with E-state index in [2.05, 4.69) is 108 Å². The molecule has 3 aromatic carbocycles. The number of β-lactam (4-membered cyclic amide) rings is 1. The molecule has 3 atom stereocenters. The van der Waals surface area contributed by atoms with Gasteiger partial charge < -0.3 is 13.8 Å². The largest absolute Gasteiger partial charge is 0.544 e. The predicted molar refractivity (Wildman–Crippen MR) is 189 cm³/mol. The van der Waals surface area contributed by atoms with E-state index in [0.717, 1.165) is 27.0 Å². The number of benzene rings is 3. The van der Waals surface area contributed by atoms with Crippen molar-refractivity contribution in [1.82, 2.24) is 0 Å². The van der Waals surface area contributed by atoms with Gasteiger partial charge in [0.05, 0.1) is 18.1 Å². The molecule has 0 N–H and O–H groups in total. The average Bonchev–Trinajstić information content (AvgIpc) is 2.91. The van der Waals surface area contributed by atoms with Crippen LogP contribution in [0.5, 0.6) is 5.75 Å². The van der Waals surface area contributed by atoms with E-state index in [0.29, 0.717) is 12.8 Å². The van der Waals surface area contributed by atoms with E-state index in [1.807, 2.05) is 41.3 Å². The van der Waals surface area contributed by atoms with Crippen LogP contribution in [0.3, 0.4) is 0 Å². The highest BCUT2D eigenvalue weighted by atomic mass is 79.9. The molecule has 1 aliphatic rings. The minimum absolute atomic E-state index is 0.0206. The van der Waals surface area contributed by atoms with Gasteiger partial charge in [-0.05, 0) is 109 Å². The average molecular weight is 699 g/mol. The molecule has 1 saturated heterocycles. The van der Waals surface area contributed by atoms with Gasteiger partial charge in [0.1, 0.15) is 11.6 Å². The molecule has 1 aliphatic heterocycles. The van der Waals surface area contributed by atoms with Crippen molar-refractivity contribution in [1.29, 1.82) is 0 Å². The standard InChI is InChI=1S/C36H49BrFNO3Si2/c1-35(2,3)43(7,8)41-30-21-13-26(14-22-30)33-31(34(40)39(33)29-19-15-27(37)16-20-29)23-24-32(25-11-17-28(38)18-12-25)42-44(9,10)36(4,5)6/h11-22,31-33H,23-24H2,1-10H3/t31-,32+,33-/m1/s1. The molecule has 4 rings (SSSR count). The molecule has 8 heteroatoms. The summed E-state index contributed by atoms with van der Waals surface area (Å²) in [6.45, 7) is 22.4. The Hall–Kier alpha value is -2.27. The summed E-state index contributed by atoms with van der Waals surface area (Å²) in [5.41, 5.74) is 2.92. The van der Waals surface area contributed by atoms with Crippen LogP contribution >= 0.6 is 15.9 Å². The van der Waals surface area contributed by atoms with Crippen LogP contribution in [-0.4, -0.2) is 22.5 Å². The van der Waals surface area contributed by atoms with E-state index >= 15 is 0 Å². The molecule has 0 saturated carbocycles. The smallest absolute Gasteiger partial charge is 0.250 e. The van der Waals surface area contributed by atoms with E-state index < -0.39 is 16.6 Å². The van der Waals surface area contributed by atoms with Gasteiger partial charge in [-0.1, -0.05) is 81.7 Å². The minimum atomic E-state index is -2.14. The zero-order valence-corrected chi connectivity index (χ0v) is 31.6. The monoisotopic (exact) mass is 697 g/mol. The Morgan fingerprint density at radius 1 is 0.818 bits per heavy atom. The first kappa shape index (κ1) is 34.6. The molecule has 1 amide bonds.